The topological polar surface area (TPSA) is 34.9 Å². The third-order valence-corrected chi connectivity index (χ3v) is 2.11. The van der Waals surface area contributed by atoms with E-state index in [9.17, 15) is 13.6 Å². The minimum atomic E-state index is -2.65. The molecule has 0 bridgehead atoms. The van der Waals surface area contributed by atoms with Gasteiger partial charge in [-0.2, -0.15) is 0 Å². The molecule has 13 heavy (non-hydrogen) atoms. The van der Waals surface area contributed by atoms with Crippen LogP contribution in [0, 0.1) is 0 Å². The molecule has 1 aliphatic heterocycles. The van der Waals surface area contributed by atoms with E-state index in [4.69, 9.17) is 0 Å². The molecular formula is C8H8F2N2O. The van der Waals surface area contributed by atoms with E-state index in [0.717, 1.165) is 12.5 Å². The van der Waals surface area contributed by atoms with Gasteiger partial charge in [-0.05, 0) is 6.42 Å². The van der Waals surface area contributed by atoms with Gasteiger partial charge in [0.25, 0.3) is 12.0 Å². The summed E-state index contributed by atoms with van der Waals surface area (Å²) < 4.78 is 25.9. The zero-order chi connectivity index (χ0) is 9.42. The van der Waals surface area contributed by atoms with E-state index in [1.807, 2.05) is 0 Å². The van der Waals surface area contributed by atoms with Crippen molar-refractivity contribution in [1.29, 1.82) is 0 Å². The van der Waals surface area contributed by atoms with Crippen molar-refractivity contribution >= 4 is 0 Å². The molecule has 0 fully saturated rings. The Balaban J connectivity index is 2.56. The number of nitrogens with zero attached hydrogens (tertiary/aromatic N) is 2. The summed E-state index contributed by atoms with van der Waals surface area (Å²) in [6, 6.07) is 0.916. The highest BCUT2D eigenvalue weighted by Crippen LogP contribution is 2.17. The third-order valence-electron chi connectivity index (χ3n) is 2.11. The van der Waals surface area contributed by atoms with Crippen LogP contribution in [0.3, 0.4) is 0 Å². The van der Waals surface area contributed by atoms with Gasteiger partial charge in [0, 0.05) is 19.0 Å². The second kappa shape index (κ2) is 2.90. The standard InChI is InChI=1S/C8H8F2N2O/c9-8(10)5-4-7(13)12-3-1-2-6(12)11-5/h4,8H,1-3H2. The number of aryl methyl sites for hydroxylation is 1. The van der Waals surface area contributed by atoms with Crippen LogP contribution in [0.2, 0.25) is 0 Å². The fourth-order valence-corrected chi connectivity index (χ4v) is 1.51. The molecule has 0 radical (unpaired) electrons. The van der Waals surface area contributed by atoms with Crippen molar-refractivity contribution in [2.45, 2.75) is 25.8 Å². The van der Waals surface area contributed by atoms with Crippen molar-refractivity contribution in [2.24, 2.45) is 0 Å². The van der Waals surface area contributed by atoms with E-state index >= 15 is 0 Å². The summed E-state index contributed by atoms with van der Waals surface area (Å²) in [5.74, 6) is 0.489. The van der Waals surface area contributed by atoms with E-state index < -0.39 is 12.1 Å². The van der Waals surface area contributed by atoms with Crippen molar-refractivity contribution in [2.75, 3.05) is 0 Å². The van der Waals surface area contributed by atoms with Crippen molar-refractivity contribution in [3.8, 4) is 0 Å². The fourth-order valence-electron chi connectivity index (χ4n) is 1.51. The molecule has 1 aromatic rings. The Morgan fingerprint density at radius 3 is 3.00 bits per heavy atom. The maximum absolute atomic E-state index is 12.2. The summed E-state index contributed by atoms with van der Waals surface area (Å²) >= 11 is 0. The molecule has 70 valence electrons. The van der Waals surface area contributed by atoms with Crippen LogP contribution in [0.25, 0.3) is 0 Å². The summed E-state index contributed by atoms with van der Waals surface area (Å²) in [4.78, 5) is 15.0. The molecule has 2 heterocycles. The first-order chi connectivity index (χ1) is 6.18. The molecule has 5 heteroatoms. The van der Waals surface area contributed by atoms with Gasteiger partial charge in [0.2, 0.25) is 0 Å². The number of hydrogen-bond donors (Lipinski definition) is 0. The normalized spacial score (nSPS) is 15.0. The monoisotopic (exact) mass is 186 g/mol. The first-order valence-corrected chi connectivity index (χ1v) is 4.07. The van der Waals surface area contributed by atoms with Crippen molar-refractivity contribution in [3.05, 3.63) is 27.9 Å². The Bertz CT molecular complexity index is 386. The average molecular weight is 186 g/mol. The smallest absolute Gasteiger partial charge is 0.280 e. The van der Waals surface area contributed by atoms with E-state index in [1.165, 1.54) is 4.57 Å². The van der Waals surface area contributed by atoms with Crippen molar-refractivity contribution in [3.63, 3.8) is 0 Å². The van der Waals surface area contributed by atoms with Crippen molar-refractivity contribution < 1.29 is 8.78 Å². The number of fused-ring (bicyclic) bond motifs is 1. The van der Waals surface area contributed by atoms with Crippen LogP contribution in [0.4, 0.5) is 8.78 Å². The lowest BCUT2D eigenvalue weighted by atomic mass is 10.3. The predicted octanol–water partition coefficient (Wildman–Crippen LogP) is 1.13. The van der Waals surface area contributed by atoms with Gasteiger partial charge in [-0.15, -0.1) is 0 Å². The number of rotatable bonds is 1. The lowest BCUT2D eigenvalue weighted by molar-refractivity contribution is 0.145. The van der Waals surface area contributed by atoms with Crippen LogP contribution >= 0.6 is 0 Å². The van der Waals surface area contributed by atoms with Crippen molar-refractivity contribution in [1.82, 2.24) is 9.55 Å². The Kier molecular flexibility index (Phi) is 1.86. The van der Waals surface area contributed by atoms with Gasteiger partial charge in [-0.1, -0.05) is 0 Å². The first kappa shape index (κ1) is 8.34. The van der Waals surface area contributed by atoms with E-state index in [2.05, 4.69) is 4.98 Å². The minimum Gasteiger partial charge on any atom is -0.297 e. The van der Waals surface area contributed by atoms with Gasteiger partial charge >= 0.3 is 0 Å². The van der Waals surface area contributed by atoms with Crippen LogP contribution in [0.5, 0.6) is 0 Å². The lowest BCUT2D eigenvalue weighted by Crippen LogP contribution is -2.21. The second-order valence-electron chi connectivity index (χ2n) is 2.99. The van der Waals surface area contributed by atoms with Gasteiger partial charge in [0.05, 0.1) is 0 Å². The highest BCUT2D eigenvalue weighted by molar-refractivity contribution is 5.08. The van der Waals surface area contributed by atoms with E-state index in [-0.39, 0.29) is 5.56 Å². The Hall–Kier alpha value is -1.26. The number of hydrogen-bond acceptors (Lipinski definition) is 2. The molecule has 0 aliphatic carbocycles. The molecule has 0 spiro atoms. The predicted molar refractivity (Wildman–Crippen MR) is 41.8 cm³/mol. The quantitative estimate of drug-likeness (QED) is 0.658. The zero-order valence-corrected chi connectivity index (χ0v) is 6.83. The molecule has 0 saturated carbocycles. The van der Waals surface area contributed by atoms with E-state index in [1.54, 1.807) is 0 Å². The van der Waals surface area contributed by atoms with Gasteiger partial charge in [0.15, 0.2) is 0 Å². The van der Waals surface area contributed by atoms with E-state index in [0.29, 0.717) is 18.8 Å². The molecule has 0 atom stereocenters. The molecule has 0 N–H and O–H groups in total. The summed E-state index contributed by atoms with van der Waals surface area (Å²) in [5, 5.41) is 0. The molecule has 0 amide bonds. The summed E-state index contributed by atoms with van der Waals surface area (Å²) in [6.07, 6.45) is -1.22. The molecule has 2 rings (SSSR count). The first-order valence-electron chi connectivity index (χ1n) is 4.07. The molecule has 0 unspecified atom stereocenters. The Morgan fingerprint density at radius 2 is 2.31 bits per heavy atom. The number of aromatic nitrogens is 2. The lowest BCUT2D eigenvalue weighted by Gasteiger charge is -2.03. The SMILES string of the molecule is O=c1cc(C(F)F)nc2n1CCC2. The zero-order valence-electron chi connectivity index (χ0n) is 6.83. The van der Waals surface area contributed by atoms with Crippen LogP contribution < -0.4 is 5.56 Å². The molecule has 1 aromatic heterocycles. The highest BCUT2D eigenvalue weighted by Gasteiger charge is 2.17. The molecule has 0 aromatic carbocycles. The van der Waals surface area contributed by atoms with Crippen LogP contribution in [-0.2, 0) is 13.0 Å². The third kappa shape index (κ3) is 1.34. The Labute approximate surface area is 73.0 Å². The minimum absolute atomic E-state index is 0.363. The molecular weight excluding hydrogens is 178 g/mol. The van der Waals surface area contributed by atoms with Gasteiger partial charge in [-0.25, -0.2) is 13.8 Å². The van der Waals surface area contributed by atoms with Gasteiger partial charge in [0.1, 0.15) is 11.5 Å². The van der Waals surface area contributed by atoms with Crippen LogP contribution in [0.1, 0.15) is 24.4 Å². The van der Waals surface area contributed by atoms with Gasteiger partial charge in [-0.3, -0.25) is 9.36 Å². The maximum Gasteiger partial charge on any atom is 0.280 e. The molecule has 0 saturated heterocycles. The highest BCUT2D eigenvalue weighted by atomic mass is 19.3. The van der Waals surface area contributed by atoms with Crippen LogP contribution in [-0.4, -0.2) is 9.55 Å². The number of alkyl halides is 2. The number of halogens is 2. The average Bonchev–Trinajstić information content (AvgIpc) is 2.51. The summed E-state index contributed by atoms with van der Waals surface area (Å²) in [5.41, 5.74) is -0.768. The summed E-state index contributed by atoms with van der Waals surface area (Å²) in [6.45, 7) is 0.602. The molecule has 1 aliphatic rings. The second-order valence-corrected chi connectivity index (χ2v) is 2.99. The Morgan fingerprint density at radius 1 is 1.54 bits per heavy atom. The van der Waals surface area contributed by atoms with Crippen LogP contribution in [0.15, 0.2) is 10.9 Å². The van der Waals surface area contributed by atoms with Gasteiger partial charge < -0.3 is 0 Å². The fraction of sp³-hybridized carbons (Fsp3) is 0.500. The largest absolute Gasteiger partial charge is 0.297 e. The maximum atomic E-state index is 12.2. The molecule has 3 nitrogen and oxygen atoms in total. The summed E-state index contributed by atoms with van der Waals surface area (Å²) in [7, 11) is 0.